The molecule has 15 heavy (non-hydrogen) atoms. The van der Waals surface area contributed by atoms with E-state index in [1.54, 1.807) is 6.92 Å². The Morgan fingerprint density at radius 3 is 2.40 bits per heavy atom. The van der Waals surface area contributed by atoms with Crippen LogP contribution in [0, 0.1) is 0 Å². The summed E-state index contributed by atoms with van der Waals surface area (Å²) in [5.74, 6) is -0.557. The lowest BCUT2D eigenvalue weighted by molar-refractivity contribution is -0.135. The zero-order valence-electron chi connectivity index (χ0n) is 8.36. The van der Waals surface area contributed by atoms with Crippen LogP contribution in [-0.2, 0) is 9.59 Å². The molecule has 1 rings (SSSR count). The molecule has 7 nitrogen and oxygen atoms in total. The molecule has 0 atom stereocenters. The zero-order chi connectivity index (χ0) is 11.4. The first-order chi connectivity index (χ1) is 7.00. The van der Waals surface area contributed by atoms with Crippen LogP contribution in [0.3, 0.4) is 0 Å². The summed E-state index contributed by atoms with van der Waals surface area (Å²) in [6, 6.07) is 0. The molecule has 0 radical (unpaired) electrons. The number of hydrogen-bond acceptors (Lipinski definition) is 4. The van der Waals surface area contributed by atoms with Crippen molar-refractivity contribution < 1.29 is 9.59 Å². The molecule has 0 aromatic carbocycles. The minimum atomic E-state index is -0.217. The van der Waals surface area contributed by atoms with Crippen LogP contribution in [-0.4, -0.2) is 22.7 Å². The van der Waals surface area contributed by atoms with Crippen LogP contribution in [0.5, 0.6) is 0 Å². The van der Waals surface area contributed by atoms with Crippen molar-refractivity contribution in [1.29, 1.82) is 0 Å². The molecule has 5 N–H and O–H groups in total. The van der Waals surface area contributed by atoms with E-state index in [-0.39, 0.29) is 30.6 Å². The largest absolute Gasteiger partial charge is 0.369 e. The summed E-state index contributed by atoms with van der Waals surface area (Å²) in [6.07, 6.45) is 1.89. The van der Waals surface area contributed by atoms with E-state index in [0.29, 0.717) is 5.70 Å². The summed E-state index contributed by atoms with van der Waals surface area (Å²) in [7, 11) is 0. The van der Waals surface area contributed by atoms with Gasteiger partial charge in [0, 0.05) is 24.7 Å². The number of amides is 2. The molecule has 0 spiro atoms. The molecule has 0 unspecified atom stereocenters. The fourth-order valence-corrected chi connectivity index (χ4v) is 1.11. The Balaban J connectivity index is 2.65. The minimum absolute atomic E-state index is 0.123. The summed E-state index contributed by atoms with van der Waals surface area (Å²) in [4.78, 5) is 23.5. The summed E-state index contributed by atoms with van der Waals surface area (Å²) >= 11 is 0. The van der Waals surface area contributed by atoms with Crippen molar-refractivity contribution in [3.05, 3.63) is 11.9 Å². The SMILES string of the molecule is CC(=CN1C(=O)CCC1=O)NN=C(N)N. The van der Waals surface area contributed by atoms with Crippen LogP contribution in [0.1, 0.15) is 19.8 Å². The summed E-state index contributed by atoms with van der Waals surface area (Å²) in [5, 5.41) is 3.52. The van der Waals surface area contributed by atoms with Gasteiger partial charge in [-0.25, -0.2) is 0 Å². The van der Waals surface area contributed by atoms with E-state index < -0.39 is 0 Å². The predicted octanol–water partition coefficient (Wildman–Crippen LogP) is -1.23. The third-order valence-electron chi connectivity index (χ3n) is 1.77. The Bertz CT molecular complexity index is 327. The molecule has 1 saturated heterocycles. The Kier molecular flexibility index (Phi) is 3.27. The van der Waals surface area contributed by atoms with Crippen LogP contribution in [0.25, 0.3) is 0 Å². The molecule has 2 amide bonds. The van der Waals surface area contributed by atoms with Gasteiger partial charge in [0.1, 0.15) is 0 Å². The fraction of sp³-hybridized carbons (Fsp3) is 0.375. The molecule has 1 fully saturated rings. The Morgan fingerprint density at radius 2 is 1.93 bits per heavy atom. The average Bonchev–Trinajstić information content (AvgIpc) is 2.46. The normalized spacial score (nSPS) is 16.9. The van der Waals surface area contributed by atoms with Crippen molar-refractivity contribution in [3.63, 3.8) is 0 Å². The number of guanidine groups is 1. The number of hydrazone groups is 1. The highest BCUT2D eigenvalue weighted by Crippen LogP contribution is 2.12. The molecule has 7 heteroatoms. The maximum atomic E-state index is 11.2. The van der Waals surface area contributed by atoms with Gasteiger partial charge in [-0.05, 0) is 6.92 Å². The van der Waals surface area contributed by atoms with E-state index in [1.165, 1.54) is 6.20 Å². The van der Waals surface area contributed by atoms with Crippen LogP contribution < -0.4 is 16.9 Å². The lowest BCUT2D eigenvalue weighted by Crippen LogP contribution is -2.27. The van der Waals surface area contributed by atoms with Gasteiger partial charge in [-0.2, -0.15) is 0 Å². The number of rotatable bonds is 3. The summed E-state index contributed by atoms with van der Waals surface area (Å²) in [5.41, 5.74) is 13.2. The van der Waals surface area contributed by atoms with E-state index in [2.05, 4.69) is 10.5 Å². The molecule has 0 saturated carbocycles. The van der Waals surface area contributed by atoms with Crippen LogP contribution in [0.2, 0.25) is 0 Å². The third-order valence-corrected chi connectivity index (χ3v) is 1.77. The van der Waals surface area contributed by atoms with Gasteiger partial charge in [0.25, 0.3) is 0 Å². The molecule has 0 aromatic rings. The van der Waals surface area contributed by atoms with Gasteiger partial charge >= 0.3 is 0 Å². The van der Waals surface area contributed by atoms with Crippen molar-refractivity contribution in [1.82, 2.24) is 10.3 Å². The van der Waals surface area contributed by atoms with Crippen molar-refractivity contribution in [3.8, 4) is 0 Å². The van der Waals surface area contributed by atoms with Crippen molar-refractivity contribution >= 4 is 17.8 Å². The average molecular weight is 211 g/mol. The molecule has 0 aromatic heterocycles. The second-order valence-corrected chi connectivity index (χ2v) is 3.12. The second-order valence-electron chi connectivity index (χ2n) is 3.12. The van der Waals surface area contributed by atoms with E-state index in [0.717, 1.165) is 4.90 Å². The highest BCUT2D eigenvalue weighted by molar-refractivity contribution is 6.03. The Labute approximate surface area is 86.8 Å². The lowest BCUT2D eigenvalue weighted by Gasteiger charge is -2.09. The summed E-state index contributed by atoms with van der Waals surface area (Å²) < 4.78 is 0. The fourth-order valence-electron chi connectivity index (χ4n) is 1.11. The Hall–Kier alpha value is -2.05. The number of nitrogens with one attached hydrogen (secondary N) is 1. The number of allylic oxidation sites excluding steroid dienone is 1. The van der Waals surface area contributed by atoms with E-state index in [9.17, 15) is 9.59 Å². The van der Waals surface area contributed by atoms with Gasteiger partial charge in [-0.1, -0.05) is 0 Å². The number of carbonyl (C=O) groups excluding carboxylic acids is 2. The van der Waals surface area contributed by atoms with Gasteiger partial charge in [0.2, 0.25) is 17.8 Å². The van der Waals surface area contributed by atoms with Gasteiger partial charge < -0.3 is 11.5 Å². The second kappa shape index (κ2) is 4.45. The third kappa shape index (κ3) is 2.97. The van der Waals surface area contributed by atoms with Crippen molar-refractivity contribution in [2.45, 2.75) is 19.8 Å². The highest BCUT2D eigenvalue weighted by Gasteiger charge is 2.27. The zero-order valence-corrected chi connectivity index (χ0v) is 8.36. The first-order valence-electron chi connectivity index (χ1n) is 4.38. The molecule has 1 aliphatic heterocycles. The van der Waals surface area contributed by atoms with Crippen LogP contribution in [0.15, 0.2) is 17.0 Å². The molecule has 0 aliphatic carbocycles. The topological polar surface area (TPSA) is 114 Å². The van der Waals surface area contributed by atoms with Crippen molar-refractivity contribution in [2.75, 3.05) is 0 Å². The monoisotopic (exact) mass is 211 g/mol. The number of nitrogens with two attached hydrogens (primary N) is 2. The molecule has 1 heterocycles. The summed E-state index contributed by atoms with van der Waals surface area (Å²) in [6.45, 7) is 1.64. The number of nitrogens with zero attached hydrogens (tertiary/aromatic N) is 2. The molecule has 0 bridgehead atoms. The quantitative estimate of drug-likeness (QED) is 0.234. The van der Waals surface area contributed by atoms with Crippen molar-refractivity contribution in [2.24, 2.45) is 16.6 Å². The number of likely N-dealkylation sites (tertiary alicyclic amines) is 1. The predicted molar refractivity (Wildman–Crippen MR) is 53.8 cm³/mol. The lowest BCUT2D eigenvalue weighted by atomic mass is 10.4. The van der Waals surface area contributed by atoms with E-state index in [4.69, 9.17) is 11.5 Å². The number of hydrogen-bond donors (Lipinski definition) is 3. The van der Waals surface area contributed by atoms with Gasteiger partial charge in [0.05, 0.1) is 0 Å². The smallest absolute Gasteiger partial charge is 0.233 e. The molecule has 1 aliphatic rings. The molecular weight excluding hydrogens is 198 g/mol. The first-order valence-corrected chi connectivity index (χ1v) is 4.38. The molecule has 82 valence electrons. The Morgan fingerprint density at radius 1 is 1.40 bits per heavy atom. The van der Waals surface area contributed by atoms with Crippen LogP contribution >= 0.6 is 0 Å². The number of imide groups is 1. The van der Waals surface area contributed by atoms with E-state index in [1.807, 2.05) is 0 Å². The maximum absolute atomic E-state index is 11.2. The van der Waals surface area contributed by atoms with E-state index >= 15 is 0 Å². The van der Waals surface area contributed by atoms with Gasteiger partial charge in [-0.15, -0.1) is 5.10 Å². The highest BCUT2D eigenvalue weighted by atomic mass is 16.2. The first kappa shape index (κ1) is 11.0. The maximum Gasteiger partial charge on any atom is 0.233 e. The standard InChI is InChI=1S/C8H13N5O2/c1-5(11-12-8(9)10)4-13-6(14)2-3-7(13)15/h4,11H,2-3H2,1H3,(H4,9,10,12). The minimum Gasteiger partial charge on any atom is -0.369 e. The number of carbonyl (C=O) groups is 2. The van der Waals surface area contributed by atoms with Gasteiger partial charge in [0.15, 0.2) is 0 Å². The van der Waals surface area contributed by atoms with Gasteiger partial charge in [-0.3, -0.25) is 19.9 Å². The molecular formula is C8H13N5O2. The van der Waals surface area contributed by atoms with Crippen LogP contribution in [0.4, 0.5) is 0 Å².